The molecule has 0 bridgehead atoms. The van der Waals surface area contributed by atoms with Crippen molar-refractivity contribution < 1.29 is 33.2 Å². The molecule has 10 rings (SSSR count). The van der Waals surface area contributed by atoms with Gasteiger partial charge in [0.1, 0.15) is 34.1 Å². The number of piperazine rings is 1. The number of nitrogens with zero attached hydrogens (tertiary/aromatic N) is 9. The van der Waals surface area contributed by atoms with Gasteiger partial charge >= 0.3 is 6.03 Å². The van der Waals surface area contributed by atoms with Crippen LogP contribution in [0.25, 0.3) is 0 Å². The second-order valence-electron chi connectivity index (χ2n) is 19.3. The monoisotopic (exact) mass is 925 g/mol. The van der Waals surface area contributed by atoms with Gasteiger partial charge in [-0.25, -0.2) is 14.8 Å². The lowest BCUT2D eigenvalue weighted by Gasteiger charge is -2.43. The lowest BCUT2D eigenvalue weighted by atomic mass is 9.77. The minimum Gasteiger partial charge on any atom is -0.489 e. The van der Waals surface area contributed by atoms with E-state index in [0.29, 0.717) is 58.7 Å². The van der Waals surface area contributed by atoms with E-state index < -0.39 is 16.8 Å². The molecule has 3 aromatic rings. The number of carbonyl (C=O) groups excluding carboxylic acids is 3. The molecule has 1 aromatic carbocycles. The van der Waals surface area contributed by atoms with E-state index in [0.717, 1.165) is 128 Å². The molecule has 354 valence electrons. The summed E-state index contributed by atoms with van der Waals surface area (Å²) in [5.74, 6) is 5.12. The third kappa shape index (κ3) is 10.1. The van der Waals surface area contributed by atoms with Crippen LogP contribution < -0.4 is 34.8 Å². The predicted octanol–water partition coefficient (Wildman–Crippen LogP) is 2.73. The van der Waals surface area contributed by atoms with Gasteiger partial charge in [-0.05, 0) is 100 Å². The fourth-order valence-corrected chi connectivity index (χ4v) is 11.8. The average Bonchev–Trinajstić information content (AvgIpc) is 3.70. The number of hydrogen-bond acceptors (Lipinski definition) is 15. The van der Waals surface area contributed by atoms with Crippen LogP contribution in [0.2, 0.25) is 0 Å². The molecule has 1 aliphatic carbocycles. The Bertz CT molecular complexity index is 2230. The number of pyridine rings is 1. The van der Waals surface area contributed by atoms with Crippen molar-refractivity contribution >= 4 is 51.9 Å². The lowest BCUT2D eigenvalue weighted by molar-refractivity contribution is -0.140. The number of imide groups is 1. The summed E-state index contributed by atoms with van der Waals surface area (Å²) < 4.78 is 25.1. The number of anilines is 4. The zero-order valence-electron chi connectivity index (χ0n) is 37.8. The van der Waals surface area contributed by atoms with Gasteiger partial charge in [-0.2, -0.15) is 4.98 Å². The Labute approximate surface area is 388 Å². The first-order chi connectivity index (χ1) is 32.2. The van der Waals surface area contributed by atoms with Gasteiger partial charge in [0, 0.05) is 102 Å². The quantitative estimate of drug-likeness (QED) is 0.202. The summed E-state index contributed by atoms with van der Waals surface area (Å²) in [4.78, 5) is 64.7. The Hall–Kier alpha value is -5.11. The van der Waals surface area contributed by atoms with E-state index in [2.05, 4.69) is 42.4 Å². The molecule has 3 N–H and O–H groups in total. The molecule has 1 saturated carbocycles. The van der Waals surface area contributed by atoms with Crippen molar-refractivity contribution in [3.05, 3.63) is 48.3 Å². The second kappa shape index (κ2) is 19.6. The smallest absolute Gasteiger partial charge is 0.328 e. The molecule has 18 nitrogen and oxygen atoms in total. The third-order valence-corrected chi connectivity index (χ3v) is 16.2. The number of fused-ring (bicyclic) bond motifs is 1. The minimum absolute atomic E-state index is 0.0110. The van der Waals surface area contributed by atoms with E-state index in [1.807, 2.05) is 11.1 Å². The number of aliphatic hydroxyl groups is 1. The Morgan fingerprint density at radius 1 is 0.833 bits per heavy atom. The van der Waals surface area contributed by atoms with Crippen LogP contribution in [0.4, 0.5) is 28.1 Å². The van der Waals surface area contributed by atoms with Gasteiger partial charge < -0.3 is 44.4 Å². The highest BCUT2D eigenvalue weighted by molar-refractivity contribution is 7.85. The molecule has 0 spiro atoms. The molecule has 8 heterocycles. The molecular weight excluding hydrogens is 863 g/mol. The van der Waals surface area contributed by atoms with Gasteiger partial charge in [-0.1, -0.05) is 0 Å². The first-order valence-electron chi connectivity index (χ1n) is 24.0. The van der Waals surface area contributed by atoms with Crippen molar-refractivity contribution in [1.82, 2.24) is 35.0 Å². The highest BCUT2D eigenvalue weighted by atomic mass is 32.2. The van der Waals surface area contributed by atoms with E-state index in [4.69, 9.17) is 24.4 Å². The first kappa shape index (κ1) is 44.7. The van der Waals surface area contributed by atoms with Crippen molar-refractivity contribution in [2.75, 3.05) is 124 Å². The van der Waals surface area contributed by atoms with Crippen LogP contribution in [0.1, 0.15) is 57.1 Å². The number of amides is 4. The maximum absolute atomic E-state index is 12.9. The molecule has 1 atom stereocenters. The highest BCUT2D eigenvalue weighted by Gasteiger charge is 2.40. The van der Waals surface area contributed by atoms with E-state index in [1.54, 1.807) is 24.3 Å². The van der Waals surface area contributed by atoms with E-state index >= 15 is 0 Å². The molecule has 4 amide bonds. The van der Waals surface area contributed by atoms with Gasteiger partial charge in [0.05, 0.1) is 34.8 Å². The second-order valence-corrected chi connectivity index (χ2v) is 20.8. The van der Waals surface area contributed by atoms with Crippen LogP contribution >= 0.6 is 0 Å². The first-order valence-corrected chi connectivity index (χ1v) is 25.4. The molecule has 0 radical (unpaired) electrons. The largest absolute Gasteiger partial charge is 0.489 e. The number of ether oxygens (including phenoxy) is 2. The van der Waals surface area contributed by atoms with E-state index in [1.165, 1.54) is 17.7 Å². The topological polar surface area (TPSA) is 189 Å². The van der Waals surface area contributed by atoms with Gasteiger partial charge in [-0.15, -0.1) is 0 Å². The number of urea groups is 1. The van der Waals surface area contributed by atoms with Crippen molar-refractivity contribution in [2.24, 2.45) is 11.8 Å². The molecular formula is C47H63N11O7S. The summed E-state index contributed by atoms with van der Waals surface area (Å²) in [7, 11) is -1.12. The summed E-state index contributed by atoms with van der Waals surface area (Å²) in [6.07, 6.45) is 10.3. The summed E-state index contributed by atoms with van der Waals surface area (Å²) in [5.41, 5.74) is 1.16. The van der Waals surface area contributed by atoms with E-state index in [-0.39, 0.29) is 43.1 Å². The number of nitrogens with one attached hydrogen (secondary N) is 2. The molecule has 0 unspecified atom stereocenters. The number of piperidine rings is 2. The number of benzene rings is 1. The standard InChI is InChI=1S/C47H63N11O7S/c59-32-47(14-1-15-47)52-44-43-39(13-25-66(43)63)49-45(51-44)56-23-21-55(22-24-56)40-7-6-38(26-48-40)65-37-10-18-54(19-11-37)27-33-8-16-53(17-9-33)28-34-29-57(30-34)42(61)31-64-36-4-2-35(3-5-36)58-20-12-41(60)50-46(58)62/h2-7,26,33-34,37,59H,1,8-25,27-32H2,(H,49,51,52)(H,50,60,62)/t66-/m1/s1. The van der Waals surface area contributed by atoms with Gasteiger partial charge in [0.15, 0.2) is 6.61 Å². The molecule has 19 heteroatoms. The number of rotatable bonds is 15. The van der Waals surface area contributed by atoms with Crippen molar-refractivity contribution in [2.45, 2.75) is 74.3 Å². The lowest BCUT2D eigenvalue weighted by Crippen LogP contribution is -2.55. The average molecular weight is 926 g/mol. The summed E-state index contributed by atoms with van der Waals surface area (Å²) >= 11 is 0. The Morgan fingerprint density at radius 2 is 1.53 bits per heavy atom. The van der Waals surface area contributed by atoms with Crippen LogP contribution in [0, 0.1) is 11.8 Å². The maximum Gasteiger partial charge on any atom is 0.328 e. The van der Waals surface area contributed by atoms with E-state index in [9.17, 15) is 23.7 Å². The van der Waals surface area contributed by atoms with Crippen molar-refractivity contribution in [1.29, 1.82) is 0 Å². The van der Waals surface area contributed by atoms with Crippen LogP contribution in [0.5, 0.6) is 11.5 Å². The third-order valence-electron chi connectivity index (χ3n) is 14.7. The highest BCUT2D eigenvalue weighted by Crippen LogP contribution is 2.39. The van der Waals surface area contributed by atoms with Crippen LogP contribution in [-0.4, -0.2) is 173 Å². The van der Waals surface area contributed by atoms with Gasteiger partial charge in [0.25, 0.3) is 5.91 Å². The SMILES string of the molecule is O=C1CCN(c2ccc(OCC(=O)N3CC(CN4CCC(CN5CCC(Oc6ccc(N7CCN(c8nc9c(c(NC%10(CO)CCC%10)n8)[S@](=O)CC9)CC7)nc6)CC5)CC4)C3)cc2)C(=O)N1. The molecule has 5 saturated heterocycles. The maximum atomic E-state index is 12.9. The van der Waals surface area contributed by atoms with Crippen LogP contribution in [0.3, 0.4) is 0 Å². The van der Waals surface area contributed by atoms with Gasteiger partial charge in [0.2, 0.25) is 11.9 Å². The Kier molecular flexibility index (Phi) is 13.3. The summed E-state index contributed by atoms with van der Waals surface area (Å²) in [6, 6.07) is 10.7. The summed E-state index contributed by atoms with van der Waals surface area (Å²) in [6.45, 7) is 11.5. The number of carbonyl (C=O) groups is 3. The summed E-state index contributed by atoms with van der Waals surface area (Å²) in [5, 5.41) is 15.9. The molecule has 6 aliphatic heterocycles. The predicted molar refractivity (Wildman–Crippen MR) is 250 cm³/mol. The molecule has 2 aromatic heterocycles. The Balaban J connectivity index is 0.595. The molecule has 66 heavy (non-hydrogen) atoms. The number of aromatic nitrogens is 3. The van der Waals surface area contributed by atoms with Gasteiger partial charge in [-0.3, -0.25) is 24.0 Å². The number of aliphatic hydroxyl groups excluding tert-OH is 1. The van der Waals surface area contributed by atoms with Crippen molar-refractivity contribution in [3.8, 4) is 11.5 Å². The zero-order valence-corrected chi connectivity index (χ0v) is 38.6. The van der Waals surface area contributed by atoms with Crippen LogP contribution in [-0.2, 0) is 26.8 Å². The minimum atomic E-state index is -1.12. The Morgan fingerprint density at radius 3 is 2.20 bits per heavy atom. The zero-order chi connectivity index (χ0) is 45.2. The number of aryl methyl sites for hydroxylation is 1. The molecule has 7 aliphatic rings. The van der Waals surface area contributed by atoms with Crippen molar-refractivity contribution in [3.63, 3.8) is 0 Å². The fourth-order valence-electron chi connectivity index (χ4n) is 10.5. The van der Waals surface area contributed by atoms with Crippen LogP contribution in [0.15, 0.2) is 47.5 Å². The molecule has 6 fully saturated rings. The number of hydrogen-bond donors (Lipinski definition) is 3. The number of likely N-dealkylation sites (tertiary alicyclic amines) is 3. The normalized spacial score (nSPS) is 23.3. The fraction of sp³-hybridized carbons (Fsp3) is 0.617.